The van der Waals surface area contributed by atoms with Crippen LogP contribution in [0.2, 0.25) is 0 Å². The Balaban J connectivity index is 3.56. The first-order valence-corrected chi connectivity index (χ1v) is 5.46. The van der Waals surface area contributed by atoms with E-state index < -0.39 is 12.5 Å². The van der Waals surface area contributed by atoms with E-state index in [1.54, 1.807) is 0 Å². The summed E-state index contributed by atoms with van der Waals surface area (Å²) in [6.07, 6.45) is 3.70. The predicted octanol–water partition coefficient (Wildman–Crippen LogP) is 2.46. The van der Waals surface area contributed by atoms with E-state index in [1.807, 2.05) is 0 Å². The minimum absolute atomic E-state index is 0.625. The van der Waals surface area contributed by atoms with Crippen LogP contribution >= 0.6 is 0 Å². The SMILES string of the molecule is CCCCC(O)/N=N/C(O)CCCC. The van der Waals surface area contributed by atoms with Gasteiger partial charge in [-0.15, -0.1) is 0 Å². The number of unbranched alkanes of at least 4 members (excludes halogenated alkanes) is 2. The molecule has 0 spiro atoms. The van der Waals surface area contributed by atoms with Gasteiger partial charge in [-0.25, -0.2) is 0 Å². The molecule has 0 saturated heterocycles. The highest BCUT2D eigenvalue weighted by molar-refractivity contribution is 4.52. The first-order valence-electron chi connectivity index (χ1n) is 5.46. The molecule has 0 aromatic heterocycles. The number of aliphatic hydroxyl groups excluding tert-OH is 2. The summed E-state index contributed by atoms with van der Waals surface area (Å²) < 4.78 is 0. The van der Waals surface area contributed by atoms with Crippen molar-refractivity contribution in [1.82, 2.24) is 0 Å². The number of rotatable bonds is 8. The van der Waals surface area contributed by atoms with E-state index in [0.717, 1.165) is 25.7 Å². The summed E-state index contributed by atoms with van der Waals surface area (Å²) in [5.41, 5.74) is 0. The Morgan fingerprint density at radius 3 is 1.50 bits per heavy atom. The van der Waals surface area contributed by atoms with Crippen molar-refractivity contribution in [2.24, 2.45) is 10.2 Å². The van der Waals surface area contributed by atoms with Crippen LogP contribution in [0, 0.1) is 0 Å². The van der Waals surface area contributed by atoms with Gasteiger partial charge in [0, 0.05) is 0 Å². The van der Waals surface area contributed by atoms with Gasteiger partial charge in [0.25, 0.3) is 0 Å². The van der Waals surface area contributed by atoms with E-state index >= 15 is 0 Å². The lowest BCUT2D eigenvalue weighted by atomic mass is 10.2. The van der Waals surface area contributed by atoms with Crippen LogP contribution in [0.4, 0.5) is 0 Å². The molecule has 0 aliphatic heterocycles. The summed E-state index contributed by atoms with van der Waals surface area (Å²) in [7, 11) is 0. The van der Waals surface area contributed by atoms with E-state index in [-0.39, 0.29) is 0 Å². The zero-order valence-corrected chi connectivity index (χ0v) is 9.19. The van der Waals surface area contributed by atoms with Crippen molar-refractivity contribution >= 4 is 0 Å². The predicted molar refractivity (Wildman–Crippen MR) is 55.9 cm³/mol. The van der Waals surface area contributed by atoms with Crippen LogP contribution in [0.25, 0.3) is 0 Å². The minimum atomic E-state index is -0.744. The molecule has 14 heavy (non-hydrogen) atoms. The molecule has 0 fully saturated rings. The molecule has 4 nitrogen and oxygen atoms in total. The molecule has 0 aromatic carbocycles. The monoisotopic (exact) mass is 202 g/mol. The smallest absolute Gasteiger partial charge is 0.165 e. The number of azo groups is 1. The minimum Gasteiger partial charge on any atom is -0.370 e. The largest absolute Gasteiger partial charge is 0.370 e. The molecule has 2 unspecified atom stereocenters. The van der Waals surface area contributed by atoms with Gasteiger partial charge in [0.2, 0.25) is 0 Å². The van der Waals surface area contributed by atoms with Crippen molar-refractivity contribution in [3.8, 4) is 0 Å². The van der Waals surface area contributed by atoms with Crippen LogP contribution in [0.5, 0.6) is 0 Å². The number of hydrogen-bond acceptors (Lipinski definition) is 4. The Morgan fingerprint density at radius 2 is 1.21 bits per heavy atom. The van der Waals surface area contributed by atoms with Gasteiger partial charge in [-0.2, -0.15) is 10.2 Å². The summed E-state index contributed by atoms with van der Waals surface area (Å²) in [6.45, 7) is 4.11. The quantitative estimate of drug-likeness (QED) is 0.594. The molecular weight excluding hydrogens is 180 g/mol. The molecule has 0 rings (SSSR count). The lowest BCUT2D eigenvalue weighted by molar-refractivity contribution is 0.127. The maximum Gasteiger partial charge on any atom is 0.165 e. The zero-order valence-electron chi connectivity index (χ0n) is 9.19. The van der Waals surface area contributed by atoms with Gasteiger partial charge in [0.15, 0.2) is 12.5 Å². The number of nitrogens with zero attached hydrogens (tertiary/aromatic N) is 2. The highest BCUT2D eigenvalue weighted by Gasteiger charge is 2.03. The number of aliphatic hydroxyl groups is 2. The van der Waals surface area contributed by atoms with Crippen LogP contribution in [-0.4, -0.2) is 22.7 Å². The van der Waals surface area contributed by atoms with E-state index in [9.17, 15) is 10.2 Å². The van der Waals surface area contributed by atoms with Gasteiger partial charge in [-0.3, -0.25) is 0 Å². The maximum absolute atomic E-state index is 9.28. The molecule has 0 aliphatic carbocycles. The van der Waals surface area contributed by atoms with Crippen molar-refractivity contribution in [2.75, 3.05) is 0 Å². The molecule has 0 radical (unpaired) electrons. The lowest BCUT2D eigenvalue weighted by Crippen LogP contribution is -2.05. The van der Waals surface area contributed by atoms with Crippen LogP contribution in [0.15, 0.2) is 10.2 Å². The van der Waals surface area contributed by atoms with E-state index in [2.05, 4.69) is 24.1 Å². The van der Waals surface area contributed by atoms with Crippen LogP contribution in [0.3, 0.4) is 0 Å². The maximum atomic E-state index is 9.28. The normalized spacial score (nSPS) is 16.0. The average molecular weight is 202 g/mol. The number of hydrogen-bond donors (Lipinski definition) is 2. The standard InChI is InChI=1S/C10H22N2O2/c1-3-5-7-9(13)11-12-10(14)8-6-4-2/h9-10,13-14H,3-8H2,1-2H3/b12-11+. The van der Waals surface area contributed by atoms with Gasteiger partial charge in [-0.1, -0.05) is 26.7 Å². The van der Waals surface area contributed by atoms with E-state index in [4.69, 9.17) is 0 Å². The highest BCUT2D eigenvalue weighted by atomic mass is 16.3. The molecule has 0 saturated carbocycles. The Bertz CT molecular complexity index is 135. The summed E-state index contributed by atoms with van der Waals surface area (Å²) in [5.74, 6) is 0. The first kappa shape index (κ1) is 13.5. The highest BCUT2D eigenvalue weighted by Crippen LogP contribution is 2.05. The Labute approximate surface area is 86.1 Å². The van der Waals surface area contributed by atoms with Crippen molar-refractivity contribution in [3.63, 3.8) is 0 Å². The van der Waals surface area contributed by atoms with Crippen LogP contribution in [0.1, 0.15) is 52.4 Å². The second kappa shape index (κ2) is 9.09. The fourth-order valence-corrected chi connectivity index (χ4v) is 1.04. The fourth-order valence-electron chi connectivity index (χ4n) is 1.04. The van der Waals surface area contributed by atoms with Crippen LogP contribution in [-0.2, 0) is 0 Å². The topological polar surface area (TPSA) is 65.2 Å². The first-order chi connectivity index (χ1) is 6.70. The fraction of sp³-hybridized carbons (Fsp3) is 1.00. The summed E-state index contributed by atoms with van der Waals surface area (Å²) in [4.78, 5) is 0. The molecule has 0 heterocycles. The Kier molecular flexibility index (Phi) is 8.78. The molecule has 84 valence electrons. The molecule has 0 amide bonds. The van der Waals surface area contributed by atoms with Gasteiger partial charge >= 0.3 is 0 Å². The average Bonchev–Trinajstić information content (AvgIpc) is 2.20. The summed E-state index contributed by atoms with van der Waals surface area (Å²) >= 11 is 0. The third kappa shape index (κ3) is 8.13. The van der Waals surface area contributed by atoms with E-state index in [1.165, 1.54) is 0 Å². The van der Waals surface area contributed by atoms with Crippen molar-refractivity contribution in [3.05, 3.63) is 0 Å². The second-order valence-electron chi connectivity index (χ2n) is 3.48. The zero-order chi connectivity index (χ0) is 10.8. The molecule has 0 aliphatic rings. The van der Waals surface area contributed by atoms with Gasteiger partial charge in [0.05, 0.1) is 0 Å². The summed E-state index contributed by atoms with van der Waals surface area (Å²) in [6, 6.07) is 0. The summed E-state index contributed by atoms with van der Waals surface area (Å²) in [5, 5.41) is 25.9. The molecule has 0 aromatic rings. The Hall–Kier alpha value is -0.480. The van der Waals surface area contributed by atoms with Crippen molar-refractivity contribution in [1.29, 1.82) is 0 Å². The molecule has 2 atom stereocenters. The van der Waals surface area contributed by atoms with Gasteiger partial charge in [-0.05, 0) is 25.7 Å². The lowest BCUT2D eigenvalue weighted by Gasteiger charge is -2.05. The second-order valence-corrected chi connectivity index (χ2v) is 3.48. The molecular formula is C10H22N2O2. The van der Waals surface area contributed by atoms with Crippen molar-refractivity contribution < 1.29 is 10.2 Å². The molecule has 4 heteroatoms. The third-order valence-electron chi connectivity index (χ3n) is 1.96. The Morgan fingerprint density at radius 1 is 0.857 bits per heavy atom. The third-order valence-corrected chi connectivity index (χ3v) is 1.96. The van der Waals surface area contributed by atoms with Crippen molar-refractivity contribution in [2.45, 2.75) is 64.8 Å². The van der Waals surface area contributed by atoms with E-state index in [0.29, 0.717) is 12.8 Å². The van der Waals surface area contributed by atoms with Gasteiger partial charge in [0.1, 0.15) is 0 Å². The van der Waals surface area contributed by atoms with Gasteiger partial charge < -0.3 is 10.2 Å². The molecule has 2 N–H and O–H groups in total. The molecule has 0 bridgehead atoms. The van der Waals surface area contributed by atoms with Crippen LogP contribution < -0.4 is 0 Å².